The van der Waals surface area contributed by atoms with E-state index in [1.54, 1.807) is 13.0 Å². The van der Waals surface area contributed by atoms with Crippen LogP contribution in [-0.4, -0.2) is 50.0 Å². The fourth-order valence-corrected chi connectivity index (χ4v) is 5.19. The summed E-state index contributed by atoms with van der Waals surface area (Å²) < 4.78 is 42.6. The predicted molar refractivity (Wildman–Crippen MR) is 91.3 cm³/mol. The molecule has 0 unspecified atom stereocenters. The number of sulfone groups is 1. The smallest absolute Gasteiger partial charge is 0.337 e. The fourth-order valence-electron chi connectivity index (χ4n) is 3.49. The summed E-state index contributed by atoms with van der Waals surface area (Å²) in [4.78, 5) is 26.3. The van der Waals surface area contributed by atoms with E-state index in [-0.39, 0.29) is 34.8 Å². The highest BCUT2D eigenvalue weighted by molar-refractivity contribution is 7.91. The van der Waals surface area contributed by atoms with Crippen LogP contribution in [0.2, 0.25) is 0 Å². The molecule has 0 spiro atoms. The Morgan fingerprint density at radius 1 is 1.35 bits per heavy atom. The first-order chi connectivity index (χ1) is 12.2. The minimum Gasteiger partial charge on any atom is -0.466 e. The van der Waals surface area contributed by atoms with Gasteiger partial charge in [-0.2, -0.15) is 0 Å². The lowest BCUT2D eigenvalue weighted by Crippen LogP contribution is -2.52. The van der Waals surface area contributed by atoms with Gasteiger partial charge in [0.2, 0.25) is 0 Å². The zero-order valence-corrected chi connectivity index (χ0v) is 15.2. The van der Waals surface area contributed by atoms with Crippen molar-refractivity contribution >= 4 is 21.8 Å². The lowest BCUT2D eigenvalue weighted by molar-refractivity contribution is -0.136. The maximum Gasteiger partial charge on any atom is 0.337 e. The van der Waals surface area contributed by atoms with Crippen molar-refractivity contribution in [3.05, 3.63) is 46.9 Å². The number of hydrogen-bond donors (Lipinski definition) is 1. The summed E-state index contributed by atoms with van der Waals surface area (Å²) in [6.45, 7) is 1.55. The van der Waals surface area contributed by atoms with Crippen LogP contribution < -0.4 is 5.32 Å². The third-order valence-electron chi connectivity index (χ3n) is 4.72. The normalized spacial score (nSPS) is 25.2. The van der Waals surface area contributed by atoms with Crippen LogP contribution in [0.25, 0.3) is 0 Å². The topological polar surface area (TPSA) is 92.8 Å². The van der Waals surface area contributed by atoms with Gasteiger partial charge in [-0.3, -0.25) is 4.90 Å². The van der Waals surface area contributed by atoms with Gasteiger partial charge in [0.15, 0.2) is 9.84 Å². The molecule has 1 aromatic rings. The Morgan fingerprint density at radius 3 is 2.62 bits per heavy atom. The van der Waals surface area contributed by atoms with Crippen molar-refractivity contribution < 1.29 is 27.1 Å². The van der Waals surface area contributed by atoms with Gasteiger partial charge in [0.1, 0.15) is 5.82 Å². The monoisotopic (exact) mass is 382 g/mol. The molecule has 3 rings (SSSR count). The maximum absolute atomic E-state index is 14.2. The maximum atomic E-state index is 14.2. The Morgan fingerprint density at radius 2 is 2.04 bits per heavy atom. The number of halogens is 1. The highest BCUT2D eigenvalue weighted by atomic mass is 32.2. The minimum atomic E-state index is -3.23. The summed E-state index contributed by atoms with van der Waals surface area (Å²) >= 11 is 0. The summed E-state index contributed by atoms with van der Waals surface area (Å²) in [6.07, 6.45) is 0.284. The highest BCUT2D eigenvalue weighted by Crippen LogP contribution is 2.35. The van der Waals surface area contributed by atoms with Crippen LogP contribution in [-0.2, 0) is 19.4 Å². The summed E-state index contributed by atoms with van der Waals surface area (Å²) in [7, 11) is -2.03. The molecule has 9 heteroatoms. The van der Waals surface area contributed by atoms with Crippen LogP contribution in [0.3, 0.4) is 0 Å². The molecule has 0 aliphatic carbocycles. The number of hydrogen-bond acceptors (Lipinski definition) is 5. The lowest BCUT2D eigenvalue weighted by atomic mass is 9.94. The van der Waals surface area contributed by atoms with Gasteiger partial charge in [-0.15, -0.1) is 0 Å². The number of benzene rings is 1. The predicted octanol–water partition coefficient (Wildman–Crippen LogP) is 1.53. The molecule has 1 saturated heterocycles. The van der Waals surface area contributed by atoms with E-state index in [0.29, 0.717) is 0 Å². The number of urea groups is 1. The number of methoxy groups -OCH3 is 1. The Balaban J connectivity index is 2.09. The number of carbonyl (C=O) groups excluding carboxylic acids is 2. The average Bonchev–Trinajstić information content (AvgIpc) is 2.93. The van der Waals surface area contributed by atoms with Gasteiger partial charge in [0, 0.05) is 11.3 Å². The molecule has 2 amide bonds. The molecule has 0 radical (unpaired) electrons. The highest BCUT2D eigenvalue weighted by Gasteiger charge is 2.43. The first-order valence-electron chi connectivity index (χ1n) is 8.09. The number of allylic oxidation sites excluding steroid dienone is 1. The Kier molecular flexibility index (Phi) is 4.74. The quantitative estimate of drug-likeness (QED) is 0.801. The van der Waals surface area contributed by atoms with Crippen LogP contribution in [0.15, 0.2) is 35.5 Å². The van der Waals surface area contributed by atoms with Gasteiger partial charge in [-0.1, -0.05) is 18.2 Å². The number of rotatable bonds is 3. The van der Waals surface area contributed by atoms with Crippen molar-refractivity contribution in [3.63, 3.8) is 0 Å². The van der Waals surface area contributed by atoms with Crippen molar-refractivity contribution in [2.24, 2.45) is 0 Å². The van der Waals surface area contributed by atoms with Crippen molar-refractivity contribution in [3.8, 4) is 0 Å². The molecule has 1 N–H and O–H groups in total. The van der Waals surface area contributed by atoms with Gasteiger partial charge in [-0.25, -0.2) is 22.4 Å². The number of ether oxygens (including phenoxy) is 1. The van der Waals surface area contributed by atoms with Crippen molar-refractivity contribution in [1.82, 2.24) is 10.2 Å². The second-order valence-corrected chi connectivity index (χ2v) is 8.55. The molecule has 7 nitrogen and oxygen atoms in total. The summed E-state index contributed by atoms with van der Waals surface area (Å²) in [6, 6.07) is 3.68. The Hall–Kier alpha value is -2.42. The fraction of sp³-hybridized carbons (Fsp3) is 0.412. The number of esters is 1. The van der Waals surface area contributed by atoms with Crippen molar-refractivity contribution in [1.29, 1.82) is 0 Å². The van der Waals surface area contributed by atoms with E-state index in [9.17, 15) is 22.4 Å². The van der Waals surface area contributed by atoms with Crippen molar-refractivity contribution in [2.45, 2.75) is 25.4 Å². The summed E-state index contributed by atoms with van der Waals surface area (Å²) in [5.74, 6) is -1.46. The summed E-state index contributed by atoms with van der Waals surface area (Å²) in [5.41, 5.74) is 0.497. The number of nitrogens with one attached hydrogen (secondary N) is 1. The van der Waals surface area contributed by atoms with Gasteiger partial charge >= 0.3 is 12.0 Å². The van der Waals surface area contributed by atoms with Gasteiger partial charge < -0.3 is 10.1 Å². The molecule has 140 valence electrons. The lowest BCUT2D eigenvalue weighted by Gasteiger charge is -2.38. The van der Waals surface area contributed by atoms with Crippen LogP contribution in [0, 0.1) is 5.82 Å². The molecule has 26 heavy (non-hydrogen) atoms. The molecule has 2 heterocycles. The van der Waals surface area contributed by atoms with Crippen LogP contribution >= 0.6 is 0 Å². The van der Waals surface area contributed by atoms with E-state index < -0.39 is 39.7 Å². The second-order valence-electron chi connectivity index (χ2n) is 6.32. The van der Waals surface area contributed by atoms with E-state index in [4.69, 9.17) is 4.74 Å². The summed E-state index contributed by atoms with van der Waals surface area (Å²) in [5, 5.41) is 2.62. The largest absolute Gasteiger partial charge is 0.466 e. The van der Waals surface area contributed by atoms with Crippen LogP contribution in [0.5, 0.6) is 0 Å². The molecule has 1 fully saturated rings. The number of nitrogens with zero attached hydrogens (tertiary/aromatic N) is 1. The van der Waals surface area contributed by atoms with Gasteiger partial charge in [0.05, 0.1) is 36.3 Å². The van der Waals surface area contributed by atoms with E-state index in [0.717, 1.165) is 0 Å². The molecule has 2 aliphatic rings. The van der Waals surface area contributed by atoms with E-state index in [2.05, 4.69) is 5.32 Å². The molecule has 2 atom stereocenters. The average molecular weight is 382 g/mol. The van der Waals surface area contributed by atoms with Crippen LogP contribution in [0.4, 0.5) is 9.18 Å². The molecule has 1 aromatic carbocycles. The van der Waals surface area contributed by atoms with E-state index in [1.807, 2.05) is 0 Å². The Bertz CT molecular complexity index is 896. The van der Waals surface area contributed by atoms with Crippen LogP contribution in [0.1, 0.15) is 24.9 Å². The van der Waals surface area contributed by atoms with Gasteiger partial charge in [-0.05, 0) is 19.4 Å². The molecular formula is C17H19FN2O5S. The molecule has 0 aromatic heterocycles. The zero-order valence-electron chi connectivity index (χ0n) is 14.4. The SMILES string of the molecule is COC(=O)C1=C(C)N([C@@H]2CCS(=O)(=O)C2)C(=O)N[C@@H]1c1ccccc1F. The second kappa shape index (κ2) is 6.71. The molecule has 2 aliphatic heterocycles. The number of amides is 2. The van der Waals surface area contributed by atoms with E-state index >= 15 is 0 Å². The third-order valence-corrected chi connectivity index (χ3v) is 6.47. The number of carbonyl (C=O) groups is 2. The Labute approximate surface area is 150 Å². The molecule has 0 saturated carbocycles. The first kappa shape index (κ1) is 18.4. The zero-order chi connectivity index (χ0) is 19.1. The van der Waals surface area contributed by atoms with Crippen molar-refractivity contribution in [2.75, 3.05) is 18.6 Å². The molecular weight excluding hydrogens is 363 g/mol. The third kappa shape index (κ3) is 3.18. The molecule has 0 bridgehead atoms. The van der Waals surface area contributed by atoms with Gasteiger partial charge in [0.25, 0.3) is 0 Å². The standard InChI is InChI=1S/C17H19FN2O5S/c1-10-14(16(21)25-2)15(12-5-3-4-6-13(12)18)19-17(22)20(10)11-7-8-26(23,24)9-11/h3-6,11,15H,7-9H2,1-2H3,(H,19,22)/t11-,15-/m1/s1. The first-order valence-corrected chi connectivity index (χ1v) is 9.91. The van der Waals surface area contributed by atoms with E-state index in [1.165, 1.54) is 30.2 Å². The minimum absolute atomic E-state index is 0.0149.